The van der Waals surface area contributed by atoms with Crippen LogP contribution in [0.4, 0.5) is 18.2 Å². The van der Waals surface area contributed by atoms with Crippen LogP contribution in [0, 0.1) is 5.92 Å². The van der Waals surface area contributed by atoms with Crippen molar-refractivity contribution in [2.24, 2.45) is 5.92 Å². The third-order valence-corrected chi connectivity index (χ3v) is 6.92. The van der Waals surface area contributed by atoms with Crippen LogP contribution < -0.4 is 5.32 Å². The molecule has 1 N–H and O–H groups in total. The minimum Gasteiger partial charge on any atom is -0.376 e. The number of hydrogen-bond acceptors (Lipinski definition) is 4. The molecule has 0 atom stereocenters. The number of benzene rings is 1. The van der Waals surface area contributed by atoms with Crippen LogP contribution in [0.5, 0.6) is 0 Å². The van der Waals surface area contributed by atoms with Gasteiger partial charge in [0.05, 0.1) is 34.9 Å². The van der Waals surface area contributed by atoms with E-state index >= 15 is 0 Å². The van der Waals surface area contributed by atoms with Crippen molar-refractivity contribution in [1.29, 1.82) is 0 Å². The number of halogens is 4. The number of rotatable bonds is 4. The highest BCUT2D eigenvalue weighted by Crippen LogP contribution is 2.42. The number of Topliss-reactive ketones (excluding diaryl/α,β-unsaturated/α-hetero) is 1. The summed E-state index contributed by atoms with van der Waals surface area (Å²) in [6.07, 6.45) is -1.45. The second-order valence-electron chi connectivity index (χ2n) is 7.12. The molecule has 1 saturated carbocycles. The van der Waals surface area contributed by atoms with Crippen LogP contribution in [0.25, 0.3) is 0 Å². The van der Waals surface area contributed by atoms with Gasteiger partial charge in [-0.1, -0.05) is 24.1 Å². The minimum atomic E-state index is -4.67. The zero-order chi connectivity index (χ0) is 20.8. The lowest BCUT2D eigenvalue weighted by Gasteiger charge is -2.25. The molecular weight excluding hydrogens is 427 g/mol. The van der Waals surface area contributed by atoms with Crippen molar-refractivity contribution in [2.45, 2.75) is 38.5 Å². The number of ketones is 1. The standard InChI is InChI=1S/C20H17ClF3NO3S/c21-16-11(5-2-6-13(16)20(22,23)24)18(27)25-19-15(17(26)10-3-1-4-10)12-9-28-8-7-14(12)29-19/h2,5-6,10H,1,3-4,7-9H2,(H,25,27). The zero-order valence-electron chi connectivity index (χ0n) is 15.2. The van der Waals surface area contributed by atoms with E-state index < -0.39 is 22.7 Å². The van der Waals surface area contributed by atoms with E-state index in [0.29, 0.717) is 30.2 Å². The Morgan fingerprint density at radius 1 is 1.24 bits per heavy atom. The lowest BCUT2D eigenvalue weighted by atomic mass is 9.79. The Morgan fingerprint density at radius 3 is 2.66 bits per heavy atom. The van der Waals surface area contributed by atoms with Crippen LogP contribution >= 0.6 is 22.9 Å². The Hall–Kier alpha value is -1.90. The summed E-state index contributed by atoms with van der Waals surface area (Å²) in [6.45, 7) is 0.817. The number of carbonyl (C=O) groups is 2. The number of carbonyl (C=O) groups excluding carboxylic acids is 2. The Balaban J connectivity index is 1.69. The fraction of sp³-hybridized carbons (Fsp3) is 0.400. The van der Waals surface area contributed by atoms with Crippen molar-refractivity contribution >= 4 is 39.6 Å². The van der Waals surface area contributed by atoms with Crippen molar-refractivity contribution in [3.8, 4) is 0 Å². The van der Waals surface area contributed by atoms with E-state index in [2.05, 4.69) is 5.32 Å². The summed E-state index contributed by atoms with van der Waals surface area (Å²) < 4.78 is 44.8. The van der Waals surface area contributed by atoms with Crippen LogP contribution in [-0.2, 0) is 23.9 Å². The number of anilines is 1. The lowest BCUT2D eigenvalue weighted by molar-refractivity contribution is -0.137. The predicted octanol–water partition coefficient (Wildman–Crippen LogP) is 5.73. The first-order valence-corrected chi connectivity index (χ1v) is 10.4. The quantitative estimate of drug-likeness (QED) is 0.614. The van der Waals surface area contributed by atoms with Crippen molar-refractivity contribution in [2.75, 3.05) is 11.9 Å². The van der Waals surface area contributed by atoms with E-state index in [1.165, 1.54) is 17.4 Å². The fourth-order valence-electron chi connectivity index (χ4n) is 3.53. The third kappa shape index (κ3) is 3.81. The van der Waals surface area contributed by atoms with Gasteiger partial charge in [-0.05, 0) is 25.0 Å². The molecule has 1 amide bonds. The summed E-state index contributed by atoms with van der Waals surface area (Å²) >= 11 is 7.16. The van der Waals surface area contributed by atoms with Gasteiger partial charge < -0.3 is 10.1 Å². The summed E-state index contributed by atoms with van der Waals surface area (Å²) in [5, 5.41) is 2.34. The highest BCUT2D eigenvalue weighted by molar-refractivity contribution is 7.17. The summed E-state index contributed by atoms with van der Waals surface area (Å²) in [4.78, 5) is 26.7. The number of nitrogens with one attached hydrogen (secondary N) is 1. The molecule has 29 heavy (non-hydrogen) atoms. The van der Waals surface area contributed by atoms with Crippen molar-refractivity contribution in [1.82, 2.24) is 0 Å². The molecule has 4 nitrogen and oxygen atoms in total. The van der Waals surface area contributed by atoms with Crippen LogP contribution in [0.3, 0.4) is 0 Å². The molecule has 1 aromatic heterocycles. The maximum absolute atomic E-state index is 13.1. The molecular formula is C20H17ClF3NO3S. The normalized spacial score (nSPS) is 16.8. The lowest BCUT2D eigenvalue weighted by Crippen LogP contribution is -2.25. The molecule has 0 saturated heterocycles. The zero-order valence-corrected chi connectivity index (χ0v) is 16.8. The summed E-state index contributed by atoms with van der Waals surface area (Å²) in [6, 6.07) is 3.19. The predicted molar refractivity (Wildman–Crippen MR) is 104 cm³/mol. The van der Waals surface area contributed by atoms with Gasteiger partial charge in [-0.2, -0.15) is 13.2 Å². The fourth-order valence-corrected chi connectivity index (χ4v) is 5.03. The molecule has 2 aromatic rings. The molecule has 1 aliphatic heterocycles. The SMILES string of the molecule is O=C(Nc1sc2c(c1C(=O)C1CCC1)COCC2)c1cccc(C(F)(F)F)c1Cl. The first kappa shape index (κ1) is 20.4. The summed E-state index contributed by atoms with van der Waals surface area (Å²) in [7, 11) is 0. The average Bonchev–Trinajstić information content (AvgIpc) is 2.96. The van der Waals surface area contributed by atoms with Gasteiger partial charge in [0, 0.05) is 22.8 Å². The maximum Gasteiger partial charge on any atom is 0.417 e. The van der Waals surface area contributed by atoms with Gasteiger partial charge in [-0.3, -0.25) is 9.59 Å². The Morgan fingerprint density at radius 2 is 2.00 bits per heavy atom. The van der Waals surface area contributed by atoms with Crippen LogP contribution in [0.2, 0.25) is 5.02 Å². The molecule has 1 aliphatic carbocycles. The molecule has 0 radical (unpaired) electrons. The van der Waals surface area contributed by atoms with Crippen molar-refractivity contribution in [3.63, 3.8) is 0 Å². The summed E-state index contributed by atoms with van der Waals surface area (Å²) in [5.41, 5.74) is -0.142. The first-order valence-electron chi connectivity index (χ1n) is 9.21. The number of alkyl halides is 3. The number of ether oxygens (including phenoxy) is 1. The molecule has 1 aromatic carbocycles. The monoisotopic (exact) mass is 443 g/mol. The second kappa shape index (κ2) is 7.74. The van der Waals surface area contributed by atoms with Crippen molar-refractivity contribution < 1.29 is 27.5 Å². The van der Waals surface area contributed by atoms with Gasteiger partial charge in [-0.25, -0.2) is 0 Å². The van der Waals surface area contributed by atoms with Crippen LogP contribution in [0.15, 0.2) is 18.2 Å². The topological polar surface area (TPSA) is 55.4 Å². The first-order chi connectivity index (χ1) is 13.8. The Kier molecular flexibility index (Phi) is 5.44. The molecule has 0 spiro atoms. The third-order valence-electron chi connectivity index (χ3n) is 5.31. The van der Waals surface area contributed by atoms with E-state index in [4.69, 9.17) is 16.3 Å². The maximum atomic E-state index is 13.1. The second-order valence-corrected chi connectivity index (χ2v) is 8.60. The molecule has 2 aliphatic rings. The number of fused-ring (bicyclic) bond motifs is 1. The number of hydrogen-bond donors (Lipinski definition) is 1. The smallest absolute Gasteiger partial charge is 0.376 e. The van der Waals surface area contributed by atoms with Gasteiger partial charge in [0.2, 0.25) is 0 Å². The van der Waals surface area contributed by atoms with E-state index in [1.807, 2.05) is 0 Å². The van der Waals surface area contributed by atoms with Gasteiger partial charge >= 0.3 is 6.18 Å². The van der Waals surface area contributed by atoms with Gasteiger partial charge in [0.15, 0.2) is 5.78 Å². The summed E-state index contributed by atoms with van der Waals surface area (Å²) in [5.74, 6) is -0.892. The Bertz CT molecular complexity index is 982. The van der Waals surface area contributed by atoms with E-state index in [9.17, 15) is 22.8 Å². The van der Waals surface area contributed by atoms with Gasteiger partial charge in [0.25, 0.3) is 5.91 Å². The van der Waals surface area contributed by atoms with E-state index in [1.54, 1.807) is 0 Å². The molecule has 1 fully saturated rings. The largest absolute Gasteiger partial charge is 0.417 e. The van der Waals surface area contributed by atoms with Crippen LogP contribution in [-0.4, -0.2) is 18.3 Å². The minimum absolute atomic E-state index is 0.0373. The number of thiophene rings is 1. The molecule has 0 unspecified atom stereocenters. The van der Waals surface area contributed by atoms with E-state index in [-0.39, 0.29) is 17.3 Å². The van der Waals surface area contributed by atoms with Gasteiger partial charge in [0.1, 0.15) is 5.00 Å². The van der Waals surface area contributed by atoms with Crippen LogP contribution in [0.1, 0.15) is 56.0 Å². The van der Waals surface area contributed by atoms with Crippen molar-refractivity contribution in [3.05, 3.63) is 50.4 Å². The molecule has 0 bridgehead atoms. The average molecular weight is 444 g/mol. The van der Waals surface area contributed by atoms with E-state index in [0.717, 1.165) is 41.8 Å². The molecule has 4 rings (SSSR count). The molecule has 9 heteroatoms. The molecule has 154 valence electrons. The highest BCUT2D eigenvalue weighted by atomic mass is 35.5. The van der Waals surface area contributed by atoms with Gasteiger partial charge in [-0.15, -0.1) is 11.3 Å². The highest BCUT2D eigenvalue weighted by Gasteiger charge is 2.36. The Labute approximate surface area is 174 Å². The number of amides is 1. The molecule has 2 heterocycles.